The van der Waals surface area contributed by atoms with Gasteiger partial charge in [-0.25, -0.2) is 5.84 Å². The molecular weight excluding hydrogens is 636 g/mol. The lowest BCUT2D eigenvalue weighted by Crippen LogP contribution is -2.45. The summed E-state index contributed by atoms with van der Waals surface area (Å²) in [5.41, 5.74) is 15.6. The molecule has 12 nitrogen and oxygen atoms in total. The summed E-state index contributed by atoms with van der Waals surface area (Å²) in [4.78, 5) is 12.8. The minimum atomic E-state index is -0.280. The number of carbonyl (C=O) groups is 1. The molecular formula is C38H66N6O6. The number of amides is 1. The number of benzene rings is 1. The second-order valence-corrected chi connectivity index (χ2v) is 13.5. The van der Waals surface area contributed by atoms with Crippen LogP contribution in [-0.2, 0) is 30.2 Å². The van der Waals surface area contributed by atoms with E-state index >= 15 is 0 Å². The zero-order chi connectivity index (χ0) is 35.8. The van der Waals surface area contributed by atoms with Gasteiger partial charge in [-0.1, -0.05) is 43.7 Å². The Kier molecular flexibility index (Phi) is 21.1. The van der Waals surface area contributed by atoms with Crippen molar-refractivity contribution in [3.05, 3.63) is 53.9 Å². The topological polar surface area (TPSA) is 180 Å². The van der Waals surface area contributed by atoms with Crippen LogP contribution in [-0.4, -0.2) is 93.7 Å². The van der Waals surface area contributed by atoms with E-state index in [2.05, 4.69) is 29.3 Å². The molecule has 1 aliphatic heterocycles. The van der Waals surface area contributed by atoms with E-state index in [1.165, 1.54) is 12.8 Å². The maximum atomic E-state index is 12.8. The fraction of sp³-hybridized carbons (Fsp3) is 0.711. The number of rotatable bonds is 27. The average Bonchev–Trinajstić information content (AvgIpc) is 3.67. The van der Waals surface area contributed by atoms with Crippen molar-refractivity contribution in [3.8, 4) is 0 Å². The normalized spacial score (nSPS) is 19.0. The van der Waals surface area contributed by atoms with E-state index in [9.17, 15) is 9.90 Å². The lowest BCUT2D eigenvalue weighted by atomic mass is 10.0. The highest BCUT2D eigenvalue weighted by Gasteiger charge is 2.24. The summed E-state index contributed by atoms with van der Waals surface area (Å²) >= 11 is 0. The highest BCUT2D eigenvalue weighted by atomic mass is 16.7. The molecule has 0 bridgehead atoms. The molecule has 1 heterocycles. The van der Waals surface area contributed by atoms with E-state index in [4.69, 9.17) is 36.3 Å². The van der Waals surface area contributed by atoms with Gasteiger partial charge in [-0.3, -0.25) is 4.79 Å². The fourth-order valence-electron chi connectivity index (χ4n) is 6.35. The van der Waals surface area contributed by atoms with E-state index in [0.717, 1.165) is 93.9 Å². The highest BCUT2D eigenvalue weighted by Crippen LogP contribution is 2.29. The number of nitrogens with one attached hydrogen (secondary N) is 2. The molecule has 1 aromatic rings. The van der Waals surface area contributed by atoms with Gasteiger partial charge in [-0.2, -0.15) is 0 Å². The first kappa shape index (κ1) is 41.7. The minimum absolute atomic E-state index is 0.00804. The quantitative estimate of drug-likeness (QED) is 0.0448. The summed E-state index contributed by atoms with van der Waals surface area (Å²) in [6.45, 7) is 8.74. The number of hydrogen-bond acceptors (Lipinski definition) is 11. The predicted molar refractivity (Wildman–Crippen MR) is 198 cm³/mol. The molecule has 50 heavy (non-hydrogen) atoms. The number of ether oxygens (including phenoxy) is 4. The smallest absolute Gasteiger partial charge is 0.242 e. The number of aliphatic hydroxyl groups is 1. The number of nitrogens with zero attached hydrogens (tertiary/aromatic N) is 1. The number of hydrazine groups is 1. The molecule has 12 heteroatoms. The van der Waals surface area contributed by atoms with Crippen molar-refractivity contribution in [1.82, 2.24) is 15.6 Å². The van der Waals surface area contributed by atoms with Gasteiger partial charge in [-0.15, -0.1) is 0 Å². The van der Waals surface area contributed by atoms with Gasteiger partial charge in [0.1, 0.15) is 6.04 Å². The first-order valence-corrected chi connectivity index (χ1v) is 18.9. The lowest BCUT2D eigenvalue weighted by Gasteiger charge is -2.28. The Morgan fingerprint density at radius 2 is 1.74 bits per heavy atom. The van der Waals surface area contributed by atoms with Crippen LogP contribution >= 0.6 is 0 Å². The van der Waals surface area contributed by atoms with Gasteiger partial charge in [-0.05, 0) is 101 Å². The van der Waals surface area contributed by atoms with Crippen LogP contribution in [0.5, 0.6) is 0 Å². The van der Waals surface area contributed by atoms with E-state index in [-0.39, 0.29) is 30.9 Å². The third kappa shape index (κ3) is 17.0. The van der Waals surface area contributed by atoms with Gasteiger partial charge in [0.05, 0.1) is 44.8 Å². The molecule has 3 unspecified atom stereocenters. The number of hydrogen-bond donors (Lipinski definition) is 6. The van der Waals surface area contributed by atoms with Crippen LogP contribution in [0.15, 0.2) is 42.7 Å². The zero-order valence-electron chi connectivity index (χ0n) is 30.3. The standard InChI is InChI=1S/C38H66N6O6/c1-30(32-10-3-4-11-32)43-36(13-5-6-20-39)38(46)42-21-25-48-27-26-47-23-8-2-7-22-44(41)28-35(40)33-17-15-31(16-18-33)19-24-49-37-14-9-12-34(29-45)50-37/h15-18,28,32,34,36-37,43,45H,1-14,19-27,29,39-41H2,(H,42,46)/b35-28-. The summed E-state index contributed by atoms with van der Waals surface area (Å²) in [6, 6.07) is 7.83. The van der Waals surface area contributed by atoms with E-state index in [1.54, 1.807) is 11.2 Å². The number of aliphatic hydroxyl groups excluding tert-OH is 1. The number of nitrogens with two attached hydrogens (primary N) is 3. The Hall–Kier alpha value is -2.71. The summed E-state index contributed by atoms with van der Waals surface area (Å²) in [5, 5.41) is 17.3. The summed E-state index contributed by atoms with van der Waals surface area (Å²) in [5.74, 6) is 6.64. The van der Waals surface area contributed by atoms with Crippen molar-refractivity contribution >= 4 is 11.6 Å². The van der Waals surface area contributed by atoms with Gasteiger partial charge < -0.3 is 51.2 Å². The van der Waals surface area contributed by atoms with Crippen molar-refractivity contribution in [1.29, 1.82) is 0 Å². The molecule has 0 radical (unpaired) electrons. The van der Waals surface area contributed by atoms with E-state index < -0.39 is 0 Å². The van der Waals surface area contributed by atoms with Gasteiger partial charge >= 0.3 is 0 Å². The minimum Gasteiger partial charge on any atom is -0.397 e. The van der Waals surface area contributed by atoms with Gasteiger partial charge in [0.25, 0.3) is 0 Å². The fourth-order valence-corrected chi connectivity index (χ4v) is 6.35. The molecule has 2 aliphatic rings. The number of carbonyl (C=O) groups excluding carboxylic acids is 1. The molecule has 2 fully saturated rings. The van der Waals surface area contributed by atoms with Gasteiger partial charge in [0.15, 0.2) is 6.29 Å². The average molecular weight is 703 g/mol. The summed E-state index contributed by atoms with van der Waals surface area (Å²) in [6.07, 6.45) is 15.2. The SMILES string of the molecule is C=C(NC(CCCCN)C(=O)NCCOCCOCCCCCN(N)/C=C(\N)c1ccc(CCOC2CCCC(CO)O2)cc1)C1CCCC1. The van der Waals surface area contributed by atoms with Crippen LogP contribution < -0.4 is 27.9 Å². The molecule has 0 aromatic heterocycles. The van der Waals surface area contributed by atoms with Crippen molar-refractivity contribution < 1.29 is 28.8 Å². The Bertz CT molecular complexity index is 1100. The lowest BCUT2D eigenvalue weighted by molar-refractivity contribution is -0.200. The largest absolute Gasteiger partial charge is 0.397 e. The first-order valence-electron chi connectivity index (χ1n) is 18.9. The Morgan fingerprint density at radius 3 is 2.48 bits per heavy atom. The first-order chi connectivity index (χ1) is 24.4. The van der Waals surface area contributed by atoms with Gasteiger partial charge in [0, 0.05) is 31.6 Å². The molecule has 1 saturated heterocycles. The second-order valence-electron chi connectivity index (χ2n) is 13.5. The van der Waals surface area contributed by atoms with Crippen LogP contribution in [0.1, 0.15) is 94.6 Å². The van der Waals surface area contributed by atoms with Crippen molar-refractivity contribution in [2.75, 3.05) is 59.3 Å². The molecule has 1 aliphatic carbocycles. The van der Waals surface area contributed by atoms with Crippen LogP contribution in [0.25, 0.3) is 5.70 Å². The monoisotopic (exact) mass is 703 g/mol. The third-order valence-electron chi connectivity index (χ3n) is 9.39. The third-order valence-corrected chi connectivity index (χ3v) is 9.39. The van der Waals surface area contributed by atoms with Gasteiger partial charge in [0.2, 0.25) is 5.91 Å². The molecule has 3 atom stereocenters. The molecule has 0 spiro atoms. The number of unbranched alkanes of at least 4 members (excludes halogenated alkanes) is 3. The van der Waals surface area contributed by atoms with E-state index in [1.807, 2.05) is 12.1 Å². The molecule has 9 N–H and O–H groups in total. The van der Waals surface area contributed by atoms with Crippen molar-refractivity contribution in [2.45, 2.75) is 108 Å². The second kappa shape index (κ2) is 25.3. The number of allylic oxidation sites excluding steroid dienone is 1. The Labute approximate surface area is 300 Å². The Balaban J connectivity index is 1.17. The van der Waals surface area contributed by atoms with Crippen LogP contribution in [0.4, 0.5) is 0 Å². The summed E-state index contributed by atoms with van der Waals surface area (Å²) < 4.78 is 23.0. The van der Waals surface area contributed by atoms with Crippen molar-refractivity contribution in [2.24, 2.45) is 23.2 Å². The molecule has 1 amide bonds. The van der Waals surface area contributed by atoms with Crippen LogP contribution in [0.3, 0.4) is 0 Å². The summed E-state index contributed by atoms with van der Waals surface area (Å²) in [7, 11) is 0. The van der Waals surface area contributed by atoms with Crippen molar-refractivity contribution in [3.63, 3.8) is 0 Å². The molecule has 3 rings (SSSR count). The molecule has 1 saturated carbocycles. The maximum absolute atomic E-state index is 12.8. The Morgan fingerprint density at radius 1 is 0.980 bits per heavy atom. The van der Waals surface area contributed by atoms with Crippen LogP contribution in [0.2, 0.25) is 0 Å². The van der Waals surface area contributed by atoms with Crippen LogP contribution in [0, 0.1) is 5.92 Å². The zero-order valence-corrected chi connectivity index (χ0v) is 30.3. The molecule has 284 valence electrons. The maximum Gasteiger partial charge on any atom is 0.242 e. The molecule has 1 aromatic carbocycles. The van der Waals surface area contributed by atoms with E-state index in [0.29, 0.717) is 64.3 Å². The highest BCUT2D eigenvalue weighted by molar-refractivity contribution is 5.81. The predicted octanol–water partition coefficient (Wildman–Crippen LogP) is 3.68.